The van der Waals surface area contributed by atoms with Crippen molar-refractivity contribution in [2.45, 2.75) is 19.6 Å². The van der Waals surface area contributed by atoms with E-state index in [9.17, 15) is 13.2 Å². The molecule has 9 heteroatoms. The fraction of sp³-hybridized carbons (Fsp3) is 0.312. The van der Waals surface area contributed by atoms with Crippen LogP contribution in [0.1, 0.15) is 23.2 Å². The maximum Gasteiger partial charge on any atom is 0.301 e. The summed E-state index contributed by atoms with van der Waals surface area (Å²) in [4.78, 5) is 13.9. The lowest BCUT2D eigenvalue weighted by molar-refractivity contribution is 0.0912. The van der Waals surface area contributed by atoms with Gasteiger partial charge in [0.1, 0.15) is 18.1 Å². The Labute approximate surface area is 146 Å². The molecule has 1 aromatic carbocycles. The summed E-state index contributed by atoms with van der Waals surface area (Å²) in [6.07, 6.45) is -0.500. The first-order valence-electron chi connectivity index (χ1n) is 7.49. The van der Waals surface area contributed by atoms with E-state index < -0.39 is 22.0 Å². The molecular formula is C16H20N2O6S. The van der Waals surface area contributed by atoms with Gasteiger partial charge in [-0.25, -0.2) is 8.42 Å². The van der Waals surface area contributed by atoms with E-state index in [4.69, 9.17) is 13.9 Å². The number of rotatable bonds is 9. The van der Waals surface area contributed by atoms with Crippen molar-refractivity contribution < 1.29 is 27.1 Å². The minimum Gasteiger partial charge on any atom is -0.486 e. The van der Waals surface area contributed by atoms with Crippen LogP contribution in [0, 0.1) is 0 Å². The number of amides is 1. The highest BCUT2D eigenvalue weighted by atomic mass is 32.2. The van der Waals surface area contributed by atoms with Crippen molar-refractivity contribution in [2.24, 2.45) is 0 Å². The van der Waals surface area contributed by atoms with Gasteiger partial charge in [-0.05, 0) is 31.2 Å². The van der Waals surface area contributed by atoms with Crippen molar-refractivity contribution >= 4 is 15.9 Å². The molecule has 1 heterocycles. The second-order valence-electron chi connectivity index (χ2n) is 5.25. The molecule has 1 amide bonds. The van der Waals surface area contributed by atoms with Gasteiger partial charge in [-0.15, -0.1) is 4.83 Å². The summed E-state index contributed by atoms with van der Waals surface area (Å²) in [6.45, 7) is 1.75. The summed E-state index contributed by atoms with van der Waals surface area (Å²) < 4.78 is 39.2. The van der Waals surface area contributed by atoms with E-state index in [0.717, 1.165) is 0 Å². The molecule has 0 aliphatic heterocycles. The zero-order chi connectivity index (χ0) is 18.3. The van der Waals surface area contributed by atoms with Gasteiger partial charge < -0.3 is 13.9 Å². The topological polar surface area (TPSA) is 107 Å². The molecule has 0 aliphatic carbocycles. The van der Waals surface area contributed by atoms with Gasteiger partial charge in [0.15, 0.2) is 5.76 Å². The first kappa shape index (κ1) is 19.0. The third-order valence-electron chi connectivity index (χ3n) is 3.19. The van der Waals surface area contributed by atoms with Crippen LogP contribution in [0.25, 0.3) is 0 Å². The lowest BCUT2D eigenvalue weighted by Gasteiger charge is -2.11. The third kappa shape index (κ3) is 6.22. The van der Waals surface area contributed by atoms with Gasteiger partial charge in [-0.2, -0.15) is 0 Å². The number of carbonyl (C=O) groups excluding carboxylic acids is 1. The van der Waals surface area contributed by atoms with Gasteiger partial charge in [0.05, 0.1) is 11.9 Å². The number of nitrogens with one attached hydrogen (secondary N) is 2. The molecule has 2 rings (SSSR count). The predicted molar refractivity (Wildman–Crippen MR) is 90.3 cm³/mol. The van der Waals surface area contributed by atoms with Crippen LogP contribution in [0.15, 0.2) is 46.9 Å². The fourth-order valence-electron chi connectivity index (χ4n) is 1.85. The van der Waals surface area contributed by atoms with Crippen molar-refractivity contribution in [3.63, 3.8) is 0 Å². The Hall–Kier alpha value is -2.36. The summed E-state index contributed by atoms with van der Waals surface area (Å²) in [5, 5.41) is 0. The molecule has 0 radical (unpaired) electrons. The Morgan fingerprint density at radius 3 is 2.60 bits per heavy atom. The zero-order valence-electron chi connectivity index (χ0n) is 13.9. The van der Waals surface area contributed by atoms with Crippen molar-refractivity contribution in [2.75, 3.05) is 12.9 Å². The number of furan rings is 1. The minimum atomic E-state index is -3.71. The van der Waals surface area contributed by atoms with Crippen LogP contribution in [0.4, 0.5) is 0 Å². The lowest BCUT2D eigenvalue weighted by Crippen LogP contribution is -2.44. The molecule has 25 heavy (non-hydrogen) atoms. The molecule has 1 atom stereocenters. The monoisotopic (exact) mass is 368 g/mol. The number of carbonyl (C=O) groups is 1. The molecule has 0 fully saturated rings. The number of para-hydroxylation sites is 1. The van der Waals surface area contributed by atoms with E-state index in [1.54, 1.807) is 25.1 Å². The van der Waals surface area contributed by atoms with Crippen LogP contribution in [0.2, 0.25) is 0 Å². The van der Waals surface area contributed by atoms with E-state index in [2.05, 4.69) is 5.43 Å². The van der Waals surface area contributed by atoms with Crippen LogP contribution in [0.5, 0.6) is 5.75 Å². The molecule has 136 valence electrons. The van der Waals surface area contributed by atoms with Crippen molar-refractivity contribution in [1.29, 1.82) is 0 Å². The number of hydrogen-bond acceptors (Lipinski definition) is 6. The fourth-order valence-corrected chi connectivity index (χ4v) is 2.94. The van der Waals surface area contributed by atoms with E-state index in [-0.39, 0.29) is 18.1 Å². The molecule has 1 aromatic heterocycles. The number of ether oxygens (including phenoxy) is 2. The Morgan fingerprint density at radius 2 is 1.92 bits per heavy atom. The van der Waals surface area contributed by atoms with Crippen LogP contribution in [0.3, 0.4) is 0 Å². The first-order chi connectivity index (χ1) is 11.9. The normalized spacial score (nSPS) is 12.6. The number of hydrogen-bond donors (Lipinski definition) is 2. The van der Waals surface area contributed by atoms with Crippen LogP contribution >= 0.6 is 0 Å². The van der Waals surface area contributed by atoms with Crippen molar-refractivity contribution in [3.8, 4) is 5.75 Å². The molecule has 0 aliphatic rings. The van der Waals surface area contributed by atoms with Gasteiger partial charge in [-0.3, -0.25) is 10.2 Å². The molecule has 0 bridgehead atoms. The minimum absolute atomic E-state index is 0.0332. The zero-order valence-corrected chi connectivity index (χ0v) is 14.7. The number of hydrazine groups is 1. The van der Waals surface area contributed by atoms with Crippen molar-refractivity contribution in [3.05, 3.63) is 54.0 Å². The first-order valence-corrected chi connectivity index (χ1v) is 9.14. The number of sulfonamides is 1. The lowest BCUT2D eigenvalue weighted by atomic mass is 10.3. The van der Waals surface area contributed by atoms with Crippen LogP contribution < -0.4 is 15.0 Å². The van der Waals surface area contributed by atoms with Crippen LogP contribution in [-0.2, 0) is 21.4 Å². The van der Waals surface area contributed by atoms with E-state index >= 15 is 0 Å². The predicted octanol–water partition coefficient (Wildman–Crippen LogP) is 1.46. The molecule has 0 saturated carbocycles. The smallest absolute Gasteiger partial charge is 0.301 e. The summed E-state index contributed by atoms with van der Waals surface area (Å²) in [5.74, 6) is 0.0847. The second kappa shape index (κ2) is 8.65. The summed E-state index contributed by atoms with van der Waals surface area (Å²) >= 11 is 0. The van der Waals surface area contributed by atoms with Gasteiger partial charge in [0.2, 0.25) is 10.0 Å². The third-order valence-corrected chi connectivity index (χ3v) is 4.51. The van der Waals surface area contributed by atoms with Gasteiger partial charge in [0, 0.05) is 7.11 Å². The highest BCUT2D eigenvalue weighted by Crippen LogP contribution is 2.13. The molecule has 0 saturated heterocycles. The SMILES string of the molecule is COC(C)CS(=O)(=O)NNC(=O)c1ccc(COc2ccccc2)o1. The highest BCUT2D eigenvalue weighted by Gasteiger charge is 2.18. The van der Waals surface area contributed by atoms with Gasteiger partial charge in [-0.1, -0.05) is 18.2 Å². The maximum absolute atomic E-state index is 11.9. The average molecular weight is 368 g/mol. The maximum atomic E-state index is 11.9. The van der Waals surface area contributed by atoms with E-state index in [1.165, 1.54) is 13.2 Å². The Morgan fingerprint density at radius 1 is 1.20 bits per heavy atom. The quantitative estimate of drug-likeness (QED) is 0.649. The van der Waals surface area contributed by atoms with Crippen LogP contribution in [-0.4, -0.2) is 33.3 Å². The Balaban J connectivity index is 1.85. The van der Waals surface area contributed by atoms with E-state index in [0.29, 0.717) is 11.5 Å². The Kier molecular flexibility index (Phi) is 6.57. The summed E-state index contributed by atoms with van der Waals surface area (Å²) in [7, 11) is -2.31. The second-order valence-corrected chi connectivity index (χ2v) is 7.02. The molecule has 0 spiro atoms. The molecule has 8 nitrogen and oxygen atoms in total. The molecule has 2 aromatic rings. The number of methoxy groups -OCH3 is 1. The highest BCUT2D eigenvalue weighted by molar-refractivity contribution is 7.89. The van der Waals surface area contributed by atoms with Gasteiger partial charge in [0.25, 0.3) is 0 Å². The molecule has 1 unspecified atom stereocenters. The molecular weight excluding hydrogens is 348 g/mol. The summed E-state index contributed by atoms with van der Waals surface area (Å²) in [5.41, 5.74) is 2.09. The average Bonchev–Trinajstić information content (AvgIpc) is 3.07. The van der Waals surface area contributed by atoms with Crippen molar-refractivity contribution in [1.82, 2.24) is 10.3 Å². The molecule has 2 N–H and O–H groups in total. The Bertz CT molecular complexity index is 788. The van der Waals surface area contributed by atoms with E-state index in [1.807, 2.05) is 23.0 Å². The van der Waals surface area contributed by atoms with Gasteiger partial charge >= 0.3 is 5.91 Å². The standard InChI is InChI=1S/C16H20N2O6S/c1-12(22-2)11-25(20,21)18-17-16(19)15-9-8-14(24-15)10-23-13-6-4-3-5-7-13/h3-9,12,18H,10-11H2,1-2H3,(H,17,19). The largest absolute Gasteiger partial charge is 0.486 e. The summed E-state index contributed by atoms with van der Waals surface area (Å²) in [6, 6.07) is 12.2. The number of benzene rings is 1.